The molecule has 1 heteroatoms. The first kappa shape index (κ1) is 14.0. The molecule has 16 heavy (non-hydrogen) atoms. The van der Waals surface area contributed by atoms with Crippen LogP contribution in [-0.2, 0) is 0 Å². The third-order valence-electron chi connectivity index (χ3n) is 4.58. The van der Waals surface area contributed by atoms with Gasteiger partial charge in [0, 0.05) is 6.54 Å². The molecule has 1 aliphatic carbocycles. The minimum Gasteiger partial charge on any atom is -0.316 e. The summed E-state index contributed by atoms with van der Waals surface area (Å²) in [5, 5.41) is 3.63. The fourth-order valence-corrected chi connectivity index (χ4v) is 2.94. The first-order valence-electron chi connectivity index (χ1n) is 7.29. The van der Waals surface area contributed by atoms with Crippen molar-refractivity contribution in [3.05, 3.63) is 0 Å². The zero-order chi connectivity index (χ0) is 12.0. The van der Waals surface area contributed by atoms with Gasteiger partial charge in [0.1, 0.15) is 0 Å². The summed E-state index contributed by atoms with van der Waals surface area (Å²) in [4.78, 5) is 0. The average Bonchev–Trinajstić information content (AvgIpc) is 2.70. The molecule has 0 aromatic heterocycles. The second kappa shape index (κ2) is 6.64. The van der Waals surface area contributed by atoms with E-state index < -0.39 is 0 Å². The topological polar surface area (TPSA) is 12.0 Å². The Hall–Kier alpha value is -0.0400. The van der Waals surface area contributed by atoms with Crippen molar-refractivity contribution in [3.8, 4) is 0 Å². The van der Waals surface area contributed by atoms with Gasteiger partial charge in [-0.3, -0.25) is 0 Å². The van der Waals surface area contributed by atoms with Crippen molar-refractivity contribution < 1.29 is 0 Å². The SMILES string of the molecule is CCCNCC(C)(CC1CCCC1)C(C)C. The van der Waals surface area contributed by atoms with Gasteiger partial charge in [0.05, 0.1) is 0 Å². The molecular weight excluding hydrogens is 194 g/mol. The Morgan fingerprint density at radius 2 is 1.88 bits per heavy atom. The Morgan fingerprint density at radius 3 is 2.38 bits per heavy atom. The molecule has 1 unspecified atom stereocenters. The molecule has 0 aromatic carbocycles. The van der Waals surface area contributed by atoms with E-state index in [-0.39, 0.29) is 0 Å². The number of hydrogen-bond acceptors (Lipinski definition) is 1. The van der Waals surface area contributed by atoms with Gasteiger partial charge in [-0.1, -0.05) is 53.4 Å². The van der Waals surface area contributed by atoms with Gasteiger partial charge in [0.15, 0.2) is 0 Å². The average molecular weight is 225 g/mol. The zero-order valence-electron chi connectivity index (χ0n) is 11.8. The van der Waals surface area contributed by atoms with Crippen molar-refractivity contribution in [1.82, 2.24) is 5.32 Å². The Bertz CT molecular complexity index is 182. The van der Waals surface area contributed by atoms with Crippen LogP contribution in [0.5, 0.6) is 0 Å². The lowest BCUT2D eigenvalue weighted by Gasteiger charge is -2.36. The van der Waals surface area contributed by atoms with Gasteiger partial charge in [0.25, 0.3) is 0 Å². The summed E-state index contributed by atoms with van der Waals surface area (Å²) in [6, 6.07) is 0. The Labute approximate surface area is 102 Å². The smallest absolute Gasteiger partial charge is 0.000771 e. The maximum atomic E-state index is 3.63. The summed E-state index contributed by atoms with van der Waals surface area (Å²) in [6.45, 7) is 11.9. The van der Waals surface area contributed by atoms with Crippen LogP contribution in [0.25, 0.3) is 0 Å². The molecule has 1 rings (SSSR count). The van der Waals surface area contributed by atoms with E-state index >= 15 is 0 Å². The first-order chi connectivity index (χ1) is 7.58. The first-order valence-corrected chi connectivity index (χ1v) is 7.29. The van der Waals surface area contributed by atoms with Crippen LogP contribution in [0.4, 0.5) is 0 Å². The van der Waals surface area contributed by atoms with Crippen molar-refractivity contribution in [2.24, 2.45) is 17.3 Å². The predicted octanol–water partition coefficient (Wildman–Crippen LogP) is 4.23. The van der Waals surface area contributed by atoms with Crippen LogP contribution in [0, 0.1) is 17.3 Å². The summed E-state index contributed by atoms with van der Waals surface area (Å²) in [7, 11) is 0. The van der Waals surface area contributed by atoms with E-state index in [0.29, 0.717) is 5.41 Å². The molecule has 0 aliphatic heterocycles. The van der Waals surface area contributed by atoms with E-state index in [2.05, 4.69) is 33.0 Å². The summed E-state index contributed by atoms with van der Waals surface area (Å²) in [6.07, 6.45) is 8.59. The maximum Gasteiger partial charge on any atom is 0.000771 e. The minimum atomic E-state index is 0.504. The number of nitrogens with one attached hydrogen (secondary N) is 1. The van der Waals surface area contributed by atoms with E-state index in [1.54, 1.807) is 0 Å². The van der Waals surface area contributed by atoms with E-state index in [0.717, 1.165) is 11.8 Å². The Morgan fingerprint density at radius 1 is 1.25 bits per heavy atom. The predicted molar refractivity (Wildman–Crippen MR) is 72.7 cm³/mol. The van der Waals surface area contributed by atoms with Crippen LogP contribution in [0.15, 0.2) is 0 Å². The van der Waals surface area contributed by atoms with Crippen LogP contribution >= 0.6 is 0 Å². The van der Waals surface area contributed by atoms with Crippen molar-refractivity contribution in [2.75, 3.05) is 13.1 Å². The van der Waals surface area contributed by atoms with E-state index in [1.807, 2.05) is 0 Å². The lowest BCUT2D eigenvalue weighted by atomic mass is 9.72. The van der Waals surface area contributed by atoms with Crippen molar-refractivity contribution in [3.63, 3.8) is 0 Å². The molecule has 1 saturated carbocycles. The van der Waals surface area contributed by atoms with Crippen molar-refractivity contribution in [2.45, 2.75) is 66.2 Å². The highest BCUT2D eigenvalue weighted by Gasteiger charge is 2.32. The molecule has 96 valence electrons. The summed E-state index contributed by atoms with van der Waals surface area (Å²) >= 11 is 0. The zero-order valence-corrected chi connectivity index (χ0v) is 11.8. The van der Waals surface area contributed by atoms with Gasteiger partial charge in [-0.05, 0) is 36.6 Å². The monoisotopic (exact) mass is 225 g/mol. The molecule has 0 radical (unpaired) electrons. The van der Waals surface area contributed by atoms with E-state index in [1.165, 1.54) is 51.6 Å². The highest BCUT2D eigenvalue weighted by molar-refractivity contribution is 4.84. The maximum absolute atomic E-state index is 3.63. The quantitative estimate of drug-likeness (QED) is 0.639. The summed E-state index contributed by atoms with van der Waals surface area (Å²) in [5.74, 6) is 1.80. The minimum absolute atomic E-state index is 0.504. The normalized spacial score (nSPS) is 21.6. The highest BCUT2D eigenvalue weighted by atomic mass is 14.9. The van der Waals surface area contributed by atoms with Crippen LogP contribution in [-0.4, -0.2) is 13.1 Å². The number of rotatable bonds is 7. The second-order valence-electron chi connectivity index (χ2n) is 6.34. The molecule has 0 saturated heterocycles. The van der Waals surface area contributed by atoms with E-state index in [4.69, 9.17) is 0 Å². The largest absolute Gasteiger partial charge is 0.316 e. The summed E-state index contributed by atoms with van der Waals surface area (Å²) < 4.78 is 0. The lowest BCUT2D eigenvalue weighted by molar-refractivity contribution is 0.158. The van der Waals surface area contributed by atoms with Crippen molar-refractivity contribution >= 4 is 0 Å². The molecule has 0 spiro atoms. The van der Waals surface area contributed by atoms with Gasteiger partial charge in [-0.25, -0.2) is 0 Å². The van der Waals surface area contributed by atoms with Gasteiger partial charge in [-0.2, -0.15) is 0 Å². The highest BCUT2D eigenvalue weighted by Crippen LogP contribution is 2.39. The molecule has 1 fully saturated rings. The van der Waals surface area contributed by atoms with E-state index in [9.17, 15) is 0 Å². The van der Waals surface area contributed by atoms with Gasteiger partial charge < -0.3 is 5.32 Å². The van der Waals surface area contributed by atoms with Crippen LogP contribution in [0.3, 0.4) is 0 Å². The van der Waals surface area contributed by atoms with Crippen molar-refractivity contribution in [1.29, 1.82) is 0 Å². The Kier molecular flexibility index (Phi) is 5.82. The van der Waals surface area contributed by atoms with Gasteiger partial charge in [0.2, 0.25) is 0 Å². The number of hydrogen-bond donors (Lipinski definition) is 1. The Balaban J connectivity index is 2.42. The lowest BCUT2D eigenvalue weighted by Crippen LogP contribution is -2.37. The van der Waals surface area contributed by atoms with Crippen LogP contribution in [0.1, 0.15) is 66.2 Å². The molecule has 1 aliphatic rings. The molecule has 1 atom stereocenters. The molecule has 0 amide bonds. The molecule has 0 heterocycles. The standard InChI is InChI=1S/C15H31N/c1-5-10-16-12-15(4,13(2)3)11-14-8-6-7-9-14/h13-14,16H,5-12H2,1-4H3. The molecule has 1 nitrogen and oxygen atoms in total. The third-order valence-corrected chi connectivity index (χ3v) is 4.58. The van der Waals surface area contributed by atoms with Crippen LogP contribution < -0.4 is 5.32 Å². The fraction of sp³-hybridized carbons (Fsp3) is 1.00. The summed E-state index contributed by atoms with van der Waals surface area (Å²) in [5.41, 5.74) is 0.504. The molecule has 1 N–H and O–H groups in total. The molecular formula is C15H31N. The molecule has 0 bridgehead atoms. The third kappa shape index (κ3) is 4.08. The molecule has 0 aromatic rings. The van der Waals surface area contributed by atoms with Gasteiger partial charge >= 0.3 is 0 Å². The fourth-order valence-electron chi connectivity index (χ4n) is 2.94. The van der Waals surface area contributed by atoms with Crippen LogP contribution in [0.2, 0.25) is 0 Å². The van der Waals surface area contributed by atoms with Gasteiger partial charge in [-0.15, -0.1) is 0 Å². The second-order valence-corrected chi connectivity index (χ2v) is 6.34.